The van der Waals surface area contributed by atoms with E-state index in [1.54, 1.807) is 0 Å². The van der Waals surface area contributed by atoms with E-state index in [0.717, 1.165) is 37.8 Å². The SMILES string of the molecule is CC[C@H](O)c1ccc(N(C)CCCCCO)cc1. The number of hydrogen-bond acceptors (Lipinski definition) is 3. The Morgan fingerprint density at radius 2 is 1.78 bits per heavy atom. The molecule has 0 aliphatic rings. The summed E-state index contributed by atoms with van der Waals surface area (Å²) in [5.74, 6) is 0. The van der Waals surface area contributed by atoms with Crippen LogP contribution in [0.15, 0.2) is 24.3 Å². The molecule has 0 radical (unpaired) electrons. The Morgan fingerprint density at radius 3 is 2.33 bits per heavy atom. The normalized spacial score (nSPS) is 12.4. The van der Waals surface area contributed by atoms with Gasteiger partial charge in [0.1, 0.15) is 0 Å². The van der Waals surface area contributed by atoms with Crippen molar-refractivity contribution in [1.29, 1.82) is 0 Å². The lowest BCUT2D eigenvalue weighted by atomic mass is 10.1. The molecule has 0 unspecified atom stereocenters. The quantitative estimate of drug-likeness (QED) is 0.698. The zero-order valence-electron chi connectivity index (χ0n) is 11.5. The molecule has 0 amide bonds. The Labute approximate surface area is 110 Å². The molecule has 0 bridgehead atoms. The van der Waals surface area contributed by atoms with Gasteiger partial charge in [-0.1, -0.05) is 19.1 Å². The Kier molecular flexibility index (Phi) is 6.76. The summed E-state index contributed by atoms with van der Waals surface area (Å²) in [7, 11) is 2.07. The van der Waals surface area contributed by atoms with Gasteiger partial charge in [-0.05, 0) is 43.4 Å². The van der Waals surface area contributed by atoms with Crippen LogP contribution in [0.1, 0.15) is 44.3 Å². The first kappa shape index (κ1) is 15.0. The van der Waals surface area contributed by atoms with Crippen molar-refractivity contribution in [3.05, 3.63) is 29.8 Å². The highest BCUT2D eigenvalue weighted by Gasteiger charge is 2.05. The number of anilines is 1. The third kappa shape index (κ3) is 4.67. The van der Waals surface area contributed by atoms with Gasteiger partial charge in [-0.15, -0.1) is 0 Å². The minimum atomic E-state index is -0.353. The standard InChI is InChI=1S/C15H25NO2/c1-3-15(18)13-7-9-14(10-8-13)16(2)11-5-4-6-12-17/h7-10,15,17-18H,3-6,11-12H2,1-2H3/t15-/m0/s1. The fourth-order valence-corrected chi connectivity index (χ4v) is 1.95. The third-order valence-corrected chi connectivity index (χ3v) is 3.26. The maximum atomic E-state index is 9.72. The predicted molar refractivity (Wildman–Crippen MR) is 75.9 cm³/mol. The average Bonchev–Trinajstić information content (AvgIpc) is 2.42. The van der Waals surface area contributed by atoms with Gasteiger partial charge < -0.3 is 15.1 Å². The number of aliphatic hydroxyl groups is 2. The number of aliphatic hydroxyl groups excluding tert-OH is 2. The maximum absolute atomic E-state index is 9.72. The molecule has 3 heteroatoms. The molecule has 0 aromatic heterocycles. The van der Waals surface area contributed by atoms with E-state index in [-0.39, 0.29) is 12.7 Å². The number of benzene rings is 1. The highest BCUT2D eigenvalue weighted by molar-refractivity contribution is 5.47. The minimum Gasteiger partial charge on any atom is -0.396 e. The van der Waals surface area contributed by atoms with Gasteiger partial charge in [0.25, 0.3) is 0 Å². The van der Waals surface area contributed by atoms with E-state index in [2.05, 4.69) is 24.1 Å². The molecule has 0 heterocycles. The van der Waals surface area contributed by atoms with Crippen molar-refractivity contribution in [2.45, 2.75) is 38.7 Å². The summed E-state index contributed by atoms with van der Waals surface area (Å²) < 4.78 is 0. The smallest absolute Gasteiger partial charge is 0.0787 e. The van der Waals surface area contributed by atoms with Gasteiger partial charge in [0, 0.05) is 25.9 Å². The van der Waals surface area contributed by atoms with Gasteiger partial charge in [-0.2, -0.15) is 0 Å². The second kappa shape index (κ2) is 8.11. The molecular weight excluding hydrogens is 226 g/mol. The van der Waals surface area contributed by atoms with Gasteiger partial charge in [0.15, 0.2) is 0 Å². The largest absolute Gasteiger partial charge is 0.396 e. The van der Waals surface area contributed by atoms with Crippen molar-refractivity contribution in [2.75, 3.05) is 25.1 Å². The van der Waals surface area contributed by atoms with Gasteiger partial charge in [-0.25, -0.2) is 0 Å². The van der Waals surface area contributed by atoms with E-state index in [0.29, 0.717) is 0 Å². The molecular formula is C15H25NO2. The Hall–Kier alpha value is -1.06. The van der Waals surface area contributed by atoms with Crippen molar-refractivity contribution in [3.8, 4) is 0 Å². The first-order valence-electron chi connectivity index (χ1n) is 6.79. The predicted octanol–water partition coefficient (Wildman–Crippen LogP) is 2.73. The van der Waals surface area contributed by atoms with Crippen LogP contribution in [0.4, 0.5) is 5.69 Å². The monoisotopic (exact) mass is 251 g/mol. The number of nitrogens with zero attached hydrogens (tertiary/aromatic N) is 1. The molecule has 1 aromatic rings. The third-order valence-electron chi connectivity index (χ3n) is 3.26. The summed E-state index contributed by atoms with van der Waals surface area (Å²) >= 11 is 0. The van der Waals surface area contributed by atoms with Gasteiger partial charge in [0.2, 0.25) is 0 Å². The summed E-state index contributed by atoms with van der Waals surface area (Å²) in [6.07, 6.45) is 3.43. The molecule has 1 rings (SSSR count). The Morgan fingerprint density at radius 1 is 1.11 bits per heavy atom. The van der Waals surface area contributed by atoms with E-state index >= 15 is 0 Å². The summed E-state index contributed by atoms with van der Waals surface area (Å²) in [5.41, 5.74) is 2.15. The van der Waals surface area contributed by atoms with Gasteiger partial charge in [0.05, 0.1) is 6.10 Å². The zero-order chi connectivity index (χ0) is 13.4. The highest BCUT2D eigenvalue weighted by Crippen LogP contribution is 2.20. The van der Waals surface area contributed by atoms with Crippen LogP contribution in [0.2, 0.25) is 0 Å². The Balaban J connectivity index is 2.46. The van der Waals surface area contributed by atoms with Crippen molar-refractivity contribution in [1.82, 2.24) is 0 Å². The molecule has 102 valence electrons. The van der Waals surface area contributed by atoms with Crippen molar-refractivity contribution in [2.24, 2.45) is 0 Å². The number of hydrogen-bond donors (Lipinski definition) is 2. The number of rotatable bonds is 8. The second-order valence-corrected chi connectivity index (χ2v) is 4.72. The molecule has 3 nitrogen and oxygen atoms in total. The van der Waals surface area contributed by atoms with Crippen LogP contribution in [-0.4, -0.2) is 30.4 Å². The molecule has 0 aliphatic carbocycles. The molecule has 1 atom stereocenters. The van der Waals surface area contributed by atoms with Gasteiger partial charge in [-0.3, -0.25) is 0 Å². The van der Waals surface area contributed by atoms with Gasteiger partial charge >= 0.3 is 0 Å². The van der Waals surface area contributed by atoms with E-state index in [4.69, 9.17) is 5.11 Å². The molecule has 0 spiro atoms. The number of unbranched alkanes of at least 4 members (excludes halogenated alkanes) is 2. The van der Waals surface area contributed by atoms with Crippen molar-refractivity contribution in [3.63, 3.8) is 0 Å². The first-order valence-corrected chi connectivity index (χ1v) is 6.79. The molecule has 0 saturated heterocycles. The maximum Gasteiger partial charge on any atom is 0.0787 e. The molecule has 0 saturated carbocycles. The van der Waals surface area contributed by atoms with E-state index in [1.807, 2.05) is 19.1 Å². The molecule has 2 N–H and O–H groups in total. The van der Waals surface area contributed by atoms with Crippen LogP contribution in [0.3, 0.4) is 0 Å². The van der Waals surface area contributed by atoms with Crippen LogP contribution in [0, 0.1) is 0 Å². The summed E-state index contributed by atoms with van der Waals surface area (Å²) in [6.45, 7) is 3.26. The topological polar surface area (TPSA) is 43.7 Å². The molecule has 1 aromatic carbocycles. The lowest BCUT2D eigenvalue weighted by Gasteiger charge is -2.20. The van der Waals surface area contributed by atoms with Crippen LogP contribution in [0.5, 0.6) is 0 Å². The van der Waals surface area contributed by atoms with E-state index in [1.165, 1.54) is 5.69 Å². The lowest BCUT2D eigenvalue weighted by molar-refractivity contribution is 0.173. The second-order valence-electron chi connectivity index (χ2n) is 4.72. The van der Waals surface area contributed by atoms with Crippen molar-refractivity contribution >= 4 is 5.69 Å². The van der Waals surface area contributed by atoms with Crippen LogP contribution in [0.25, 0.3) is 0 Å². The zero-order valence-corrected chi connectivity index (χ0v) is 11.5. The van der Waals surface area contributed by atoms with Crippen molar-refractivity contribution < 1.29 is 10.2 Å². The van der Waals surface area contributed by atoms with E-state index in [9.17, 15) is 5.11 Å². The summed E-state index contributed by atoms with van der Waals surface area (Å²) in [6, 6.07) is 8.10. The fraction of sp³-hybridized carbons (Fsp3) is 0.600. The minimum absolute atomic E-state index is 0.285. The lowest BCUT2D eigenvalue weighted by Crippen LogP contribution is -2.18. The van der Waals surface area contributed by atoms with E-state index < -0.39 is 0 Å². The summed E-state index contributed by atoms with van der Waals surface area (Å²) in [4.78, 5) is 2.21. The summed E-state index contributed by atoms with van der Waals surface area (Å²) in [5, 5.41) is 18.4. The molecule has 0 aliphatic heterocycles. The highest BCUT2D eigenvalue weighted by atomic mass is 16.3. The van der Waals surface area contributed by atoms with Crippen LogP contribution < -0.4 is 4.90 Å². The fourth-order valence-electron chi connectivity index (χ4n) is 1.95. The van der Waals surface area contributed by atoms with Crippen LogP contribution in [-0.2, 0) is 0 Å². The average molecular weight is 251 g/mol. The first-order chi connectivity index (χ1) is 8.69. The molecule has 0 fully saturated rings. The Bertz CT molecular complexity index is 324. The molecule has 18 heavy (non-hydrogen) atoms. The van der Waals surface area contributed by atoms with Crippen LogP contribution >= 0.6 is 0 Å².